The molecule has 5 heterocycles. The maximum Gasteiger partial charge on any atom is 0.270 e. The summed E-state index contributed by atoms with van der Waals surface area (Å²) >= 11 is 0. The summed E-state index contributed by atoms with van der Waals surface area (Å²) in [5, 5.41) is 8.32. The van der Waals surface area contributed by atoms with E-state index in [4.69, 9.17) is 9.47 Å². The Hall–Kier alpha value is -5.72. The molecule has 1 N–H and O–H groups in total. The minimum Gasteiger partial charge on any atom is -0.496 e. The summed E-state index contributed by atoms with van der Waals surface area (Å²) in [5.74, 6) is 1.38. The van der Waals surface area contributed by atoms with Crippen LogP contribution in [-0.4, -0.2) is 99.6 Å². The third kappa shape index (κ3) is 6.50. The fraction of sp³-hybridized carbons (Fsp3) is 0.324. The summed E-state index contributed by atoms with van der Waals surface area (Å²) in [7, 11) is 1.60. The van der Waals surface area contributed by atoms with Crippen LogP contribution in [0.15, 0.2) is 73.2 Å². The van der Waals surface area contributed by atoms with Gasteiger partial charge in [0.15, 0.2) is 17.4 Å². The number of anilines is 1. The van der Waals surface area contributed by atoms with Crippen molar-refractivity contribution in [2.24, 2.45) is 0 Å². The second kappa shape index (κ2) is 14.4. The zero-order chi connectivity index (χ0) is 34.6. The standard InChI is InChI=1S/C37H39FN8O4/c1-3-50-32-11-6-13-39-36(32)43-18-20-44(21-19-43)37(48)30-23-29-28(26-9-4-5-10-31(26)49-2)22-27(34(38)35(29)41-30)25-8-7-15-45(24-25)33(47)12-16-46-17-14-40-42-46/h4-6,8-11,13-14,17,22-23,41H,3,7,12,15-16,18-21,24H2,1-2H3. The highest BCUT2D eigenvalue weighted by molar-refractivity contribution is 6.05. The van der Waals surface area contributed by atoms with Gasteiger partial charge in [-0.1, -0.05) is 29.5 Å². The van der Waals surface area contributed by atoms with Gasteiger partial charge in [-0.3, -0.25) is 14.3 Å². The number of aromatic nitrogens is 5. The molecule has 0 aliphatic carbocycles. The molecule has 0 bridgehead atoms. The minimum absolute atomic E-state index is 0.0393. The molecule has 7 rings (SSSR count). The summed E-state index contributed by atoms with van der Waals surface area (Å²) in [4.78, 5) is 40.4. The number of aromatic amines is 1. The van der Waals surface area contributed by atoms with Gasteiger partial charge in [0.25, 0.3) is 5.91 Å². The molecule has 1 saturated heterocycles. The summed E-state index contributed by atoms with van der Waals surface area (Å²) in [6.07, 6.45) is 7.88. The number of hydrogen-bond donors (Lipinski definition) is 1. The average Bonchev–Trinajstić information content (AvgIpc) is 3.86. The van der Waals surface area contributed by atoms with Crippen molar-refractivity contribution in [2.75, 3.05) is 57.9 Å². The normalized spacial score (nSPS) is 14.9. The van der Waals surface area contributed by atoms with Gasteiger partial charge in [0.2, 0.25) is 5.91 Å². The van der Waals surface area contributed by atoms with Crippen LogP contribution in [0.4, 0.5) is 10.2 Å². The van der Waals surface area contributed by atoms with E-state index >= 15 is 4.39 Å². The number of fused-ring (bicyclic) bond motifs is 1. The quantitative estimate of drug-likeness (QED) is 0.218. The molecule has 258 valence electrons. The topological polar surface area (TPSA) is 122 Å². The van der Waals surface area contributed by atoms with Crippen molar-refractivity contribution in [1.82, 2.24) is 34.8 Å². The Labute approximate surface area is 289 Å². The molecule has 0 saturated carbocycles. The highest BCUT2D eigenvalue weighted by Crippen LogP contribution is 2.40. The zero-order valence-electron chi connectivity index (χ0n) is 28.1. The van der Waals surface area contributed by atoms with Crippen molar-refractivity contribution in [3.63, 3.8) is 0 Å². The van der Waals surface area contributed by atoms with Crippen LogP contribution in [0.1, 0.15) is 35.8 Å². The molecule has 0 radical (unpaired) electrons. The van der Waals surface area contributed by atoms with Gasteiger partial charge >= 0.3 is 0 Å². The Morgan fingerprint density at radius 1 is 0.940 bits per heavy atom. The largest absolute Gasteiger partial charge is 0.496 e. The van der Waals surface area contributed by atoms with Gasteiger partial charge in [0.05, 0.1) is 32.0 Å². The van der Waals surface area contributed by atoms with Gasteiger partial charge in [-0.2, -0.15) is 0 Å². The highest BCUT2D eigenvalue weighted by atomic mass is 19.1. The fourth-order valence-electron chi connectivity index (χ4n) is 6.75. The molecule has 0 unspecified atom stereocenters. The Bertz CT molecular complexity index is 2030. The molecule has 2 aliphatic rings. The van der Waals surface area contributed by atoms with Crippen molar-refractivity contribution in [3.05, 3.63) is 90.3 Å². The number of pyridine rings is 1. The van der Waals surface area contributed by atoms with E-state index < -0.39 is 5.82 Å². The Morgan fingerprint density at radius 3 is 2.54 bits per heavy atom. The van der Waals surface area contributed by atoms with E-state index in [-0.39, 0.29) is 30.3 Å². The minimum atomic E-state index is -0.468. The average molecular weight is 679 g/mol. The zero-order valence-corrected chi connectivity index (χ0v) is 28.1. The van der Waals surface area contributed by atoms with Crippen LogP contribution in [0.25, 0.3) is 27.6 Å². The molecule has 1 fully saturated rings. The Balaban J connectivity index is 1.18. The molecule has 12 nitrogen and oxygen atoms in total. The number of carbonyl (C=O) groups is 2. The molecule has 50 heavy (non-hydrogen) atoms. The number of nitrogens with one attached hydrogen (secondary N) is 1. The lowest BCUT2D eigenvalue weighted by Gasteiger charge is -2.35. The van der Waals surface area contributed by atoms with E-state index in [2.05, 4.69) is 25.2 Å². The number of piperazine rings is 1. The van der Waals surface area contributed by atoms with Gasteiger partial charge < -0.3 is 29.2 Å². The van der Waals surface area contributed by atoms with Crippen LogP contribution in [0.5, 0.6) is 11.5 Å². The molecule has 0 atom stereocenters. The number of para-hydroxylation sites is 1. The SMILES string of the molecule is CCOc1cccnc1N1CCN(C(=O)c2cc3c(-c4ccccc4OC)cc(C4=CCCN(C(=O)CCn5ccnn5)C4)c(F)c3[nH]2)CC1. The number of H-pyrrole nitrogens is 1. The van der Waals surface area contributed by atoms with Crippen molar-refractivity contribution in [1.29, 1.82) is 0 Å². The van der Waals surface area contributed by atoms with Crippen molar-refractivity contribution >= 4 is 34.1 Å². The molecule has 5 aromatic rings. The van der Waals surface area contributed by atoms with Crippen LogP contribution in [0.3, 0.4) is 0 Å². The Kier molecular flexibility index (Phi) is 9.45. The fourth-order valence-corrected chi connectivity index (χ4v) is 6.75. The van der Waals surface area contributed by atoms with E-state index in [1.54, 1.807) is 46.2 Å². The number of carbonyl (C=O) groups excluding carboxylic acids is 2. The van der Waals surface area contributed by atoms with Crippen molar-refractivity contribution < 1.29 is 23.5 Å². The van der Waals surface area contributed by atoms with Crippen LogP contribution < -0.4 is 14.4 Å². The maximum atomic E-state index is 16.7. The number of halogens is 1. The second-order valence-corrected chi connectivity index (χ2v) is 12.2. The molecule has 13 heteroatoms. The molecule has 2 amide bonds. The third-order valence-electron chi connectivity index (χ3n) is 9.27. The lowest BCUT2D eigenvalue weighted by atomic mass is 9.93. The number of methoxy groups -OCH3 is 1. The van der Waals surface area contributed by atoms with E-state index in [1.807, 2.05) is 55.5 Å². The van der Waals surface area contributed by atoms with Crippen LogP contribution in [0.2, 0.25) is 0 Å². The molecular formula is C37H39FN8O4. The monoisotopic (exact) mass is 678 g/mol. The molecule has 2 aliphatic heterocycles. The van der Waals surface area contributed by atoms with Gasteiger partial charge in [0.1, 0.15) is 11.4 Å². The highest BCUT2D eigenvalue weighted by Gasteiger charge is 2.29. The Morgan fingerprint density at radius 2 is 1.76 bits per heavy atom. The van der Waals surface area contributed by atoms with E-state index in [0.717, 1.165) is 16.9 Å². The number of amides is 2. The first-order chi connectivity index (χ1) is 24.4. The third-order valence-corrected chi connectivity index (χ3v) is 9.27. The smallest absolute Gasteiger partial charge is 0.270 e. The lowest BCUT2D eigenvalue weighted by molar-refractivity contribution is -0.131. The first kappa shape index (κ1) is 32.8. The number of aryl methyl sites for hydroxylation is 1. The molecule has 3 aromatic heterocycles. The van der Waals surface area contributed by atoms with Crippen LogP contribution in [0, 0.1) is 5.82 Å². The van der Waals surface area contributed by atoms with E-state index in [9.17, 15) is 9.59 Å². The van der Waals surface area contributed by atoms with Gasteiger partial charge in [-0.25, -0.2) is 9.37 Å². The van der Waals surface area contributed by atoms with Crippen LogP contribution in [-0.2, 0) is 11.3 Å². The van der Waals surface area contributed by atoms with E-state index in [0.29, 0.717) is 86.0 Å². The summed E-state index contributed by atoms with van der Waals surface area (Å²) in [6, 6.07) is 14.9. The number of benzene rings is 2. The predicted octanol–water partition coefficient (Wildman–Crippen LogP) is 5.04. The van der Waals surface area contributed by atoms with E-state index in [1.165, 1.54) is 0 Å². The summed E-state index contributed by atoms with van der Waals surface area (Å²) < 4.78 is 29.8. The number of nitrogens with zero attached hydrogens (tertiary/aromatic N) is 7. The van der Waals surface area contributed by atoms with Crippen molar-refractivity contribution in [2.45, 2.75) is 26.3 Å². The van der Waals surface area contributed by atoms with Crippen molar-refractivity contribution in [3.8, 4) is 22.6 Å². The maximum absolute atomic E-state index is 16.7. The number of hydrogen-bond acceptors (Lipinski definition) is 8. The van der Waals surface area contributed by atoms with Crippen LogP contribution >= 0.6 is 0 Å². The van der Waals surface area contributed by atoms with Gasteiger partial charge in [0, 0.05) is 74.6 Å². The number of ether oxygens (including phenoxy) is 2. The first-order valence-electron chi connectivity index (χ1n) is 16.9. The second-order valence-electron chi connectivity index (χ2n) is 12.2. The first-order valence-corrected chi connectivity index (χ1v) is 16.9. The summed E-state index contributed by atoms with van der Waals surface area (Å²) in [5.41, 5.74) is 3.11. The molecular weight excluding hydrogens is 639 g/mol. The van der Waals surface area contributed by atoms with Gasteiger partial charge in [-0.05, 0) is 54.8 Å². The predicted molar refractivity (Wildman–Crippen MR) is 188 cm³/mol. The molecule has 2 aromatic carbocycles. The van der Waals surface area contributed by atoms with Gasteiger partial charge in [-0.15, -0.1) is 5.10 Å². The number of rotatable bonds is 10. The lowest BCUT2D eigenvalue weighted by Crippen LogP contribution is -2.49. The molecule has 0 spiro atoms. The summed E-state index contributed by atoms with van der Waals surface area (Å²) in [6.45, 7) is 5.79.